The normalized spacial score (nSPS) is 15.9. The Labute approximate surface area is 137 Å². The van der Waals surface area contributed by atoms with Gasteiger partial charge in [0.25, 0.3) is 0 Å². The minimum atomic E-state index is -3.40. The highest BCUT2D eigenvalue weighted by atomic mass is 32.2. The molecule has 2 N–H and O–H groups in total. The van der Waals surface area contributed by atoms with Gasteiger partial charge in [-0.15, -0.1) is 0 Å². The Morgan fingerprint density at radius 2 is 1.74 bits per heavy atom. The highest BCUT2D eigenvalue weighted by Crippen LogP contribution is 2.04. The van der Waals surface area contributed by atoms with Crippen molar-refractivity contribution in [2.45, 2.75) is 13.8 Å². The SMILES string of the molecule is CCN(CC)C(=O)CNC(=O)NCCS(=O)(=O)N1CCOCC1. The molecular formula is C13H26N4O5S. The van der Waals surface area contributed by atoms with Gasteiger partial charge in [0.1, 0.15) is 0 Å². The molecule has 9 nitrogen and oxygen atoms in total. The number of amides is 3. The third-order valence-corrected chi connectivity index (χ3v) is 5.40. The smallest absolute Gasteiger partial charge is 0.315 e. The molecule has 1 fully saturated rings. The summed E-state index contributed by atoms with van der Waals surface area (Å²) in [5.41, 5.74) is 0. The predicted molar refractivity (Wildman–Crippen MR) is 85.5 cm³/mol. The predicted octanol–water partition coefficient (Wildman–Crippen LogP) is -1.18. The van der Waals surface area contributed by atoms with E-state index in [0.717, 1.165) is 0 Å². The maximum absolute atomic E-state index is 12.0. The minimum absolute atomic E-state index is 0.00894. The van der Waals surface area contributed by atoms with E-state index in [2.05, 4.69) is 10.6 Å². The molecule has 0 aliphatic carbocycles. The quantitative estimate of drug-likeness (QED) is 0.573. The minimum Gasteiger partial charge on any atom is -0.379 e. The van der Waals surface area contributed by atoms with Gasteiger partial charge in [0.15, 0.2) is 0 Å². The monoisotopic (exact) mass is 350 g/mol. The molecule has 23 heavy (non-hydrogen) atoms. The second-order valence-electron chi connectivity index (χ2n) is 5.00. The first-order valence-corrected chi connectivity index (χ1v) is 9.36. The van der Waals surface area contributed by atoms with Gasteiger partial charge in [0.05, 0.1) is 25.5 Å². The summed E-state index contributed by atoms with van der Waals surface area (Å²) < 4.78 is 30.5. The molecule has 1 aliphatic heterocycles. The van der Waals surface area contributed by atoms with Crippen LogP contribution in [0.3, 0.4) is 0 Å². The number of morpholine rings is 1. The Bertz CT molecular complexity index is 487. The summed E-state index contributed by atoms with van der Waals surface area (Å²) in [4.78, 5) is 24.9. The molecule has 0 radical (unpaired) electrons. The first-order valence-electron chi connectivity index (χ1n) is 7.75. The van der Waals surface area contributed by atoms with Crippen molar-refractivity contribution in [1.82, 2.24) is 19.8 Å². The van der Waals surface area contributed by atoms with Gasteiger partial charge in [-0.2, -0.15) is 4.31 Å². The largest absolute Gasteiger partial charge is 0.379 e. The second kappa shape index (κ2) is 9.68. The summed E-state index contributed by atoms with van der Waals surface area (Å²) in [6.07, 6.45) is 0. The molecule has 0 aromatic carbocycles. The molecule has 134 valence electrons. The lowest BCUT2D eigenvalue weighted by atomic mass is 10.4. The molecular weight excluding hydrogens is 324 g/mol. The van der Waals surface area contributed by atoms with Crippen LogP contribution in [0.4, 0.5) is 4.79 Å². The van der Waals surface area contributed by atoms with E-state index in [-0.39, 0.29) is 24.7 Å². The van der Waals surface area contributed by atoms with E-state index in [1.54, 1.807) is 4.90 Å². The van der Waals surface area contributed by atoms with Gasteiger partial charge in [0.2, 0.25) is 15.9 Å². The first kappa shape index (κ1) is 19.7. The number of likely N-dealkylation sites (N-methyl/N-ethyl adjacent to an activating group) is 1. The van der Waals surface area contributed by atoms with Crippen molar-refractivity contribution in [2.24, 2.45) is 0 Å². The molecule has 0 aromatic heterocycles. The zero-order valence-corrected chi connectivity index (χ0v) is 14.5. The van der Waals surface area contributed by atoms with Crippen LogP contribution in [-0.4, -0.2) is 87.8 Å². The van der Waals surface area contributed by atoms with Crippen molar-refractivity contribution in [3.05, 3.63) is 0 Å². The number of nitrogens with zero attached hydrogens (tertiary/aromatic N) is 2. The Morgan fingerprint density at radius 3 is 2.30 bits per heavy atom. The summed E-state index contributed by atoms with van der Waals surface area (Å²) >= 11 is 0. The standard InChI is InChI=1S/C13H26N4O5S/c1-3-16(4-2)12(18)11-15-13(19)14-5-10-23(20,21)17-6-8-22-9-7-17/h3-11H2,1-2H3,(H2,14,15,19). The lowest BCUT2D eigenvalue weighted by Gasteiger charge is -2.26. The zero-order valence-electron chi connectivity index (χ0n) is 13.7. The van der Waals surface area contributed by atoms with Crippen LogP contribution in [0, 0.1) is 0 Å². The maximum atomic E-state index is 12.0. The van der Waals surface area contributed by atoms with Gasteiger partial charge in [-0.25, -0.2) is 13.2 Å². The number of urea groups is 1. The van der Waals surface area contributed by atoms with Crippen LogP contribution in [0.2, 0.25) is 0 Å². The molecule has 0 bridgehead atoms. The number of carbonyl (C=O) groups excluding carboxylic acids is 2. The Balaban J connectivity index is 2.26. The number of hydrogen-bond acceptors (Lipinski definition) is 5. The second-order valence-corrected chi connectivity index (χ2v) is 7.09. The lowest BCUT2D eigenvalue weighted by molar-refractivity contribution is -0.129. The third kappa shape index (κ3) is 6.71. The van der Waals surface area contributed by atoms with E-state index in [1.165, 1.54) is 4.31 Å². The van der Waals surface area contributed by atoms with Gasteiger partial charge in [-0.1, -0.05) is 0 Å². The fourth-order valence-electron chi connectivity index (χ4n) is 2.15. The third-order valence-electron chi connectivity index (χ3n) is 3.53. The van der Waals surface area contributed by atoms with Gasteiger partial charge >= 0.3 is 6.03 Å². The number of sulfonamides is 1. The Morgan fingerprint density at radius 1 is 1.13 bits per heavy atom. The summed E-state index contributed by atoms with van der Waals surface area (Å²) in [7, 11) is -3.40. The lowest BCUT2D eigenvalue weighted by Crippen LogP contribution is -2.46. The number of carbonyl (C=O) groups is 2. The van der Waals surface area contributed by atoms with Gasteiger partial charge in [0, 0.05) is 32.7 Å². The maximum Gasteiger partial charge on any atom is 0.315 e. The van der Waals surface area contributed by atoms with Crippen LogP contribution < -0.4 is 10.6 Å². The van der Waals surface area contributed by atoms with Crippen molar-refractivity contribution in [2.75, 3.05) is 58.2 Å². The Kier molecular flexibility index (Phi) is 8.28. The van der Waals surface area contributed by atoms with Crippen molar-refractivity contribution in [1.29, 1.82) is 0 Å². The van der Waals surface area contributed by atoms with Crippen molar-refractivity contribution in [3.8, 4) is 0 Å². The number of hydrogen-bond donors (Lipinski definition) is 2. The topological polar surface area (TPSA) is 108 Å². The summed E-state index contributed by atoms with van der Waals surface area (Å²) in [6.45, 7) is 6.22. The van der Waals surface area contributed by atoms with Gasteiger partial charge < -0.3 is 20.3 Å². The van der Waals surface area contributed by atoms with Crippen LogP contribution in [0.15, 0.2) is 0 Å². The number of rotatable bonds is 8. The average Bonchev–Trinajstić information content (AvgIpc) is 2.54. The molecule has 1 heterocycles. The highest BCUT2D eigenvalue weighted by molar-refractivity contribution is 7.89. The molecule has 0 aromatic rings. The van der Waals surface area contributed by atoms with Crippen molar-refractivity contribution >= 4 is 22.0 Å². The molecule has 3 amide bonds. The van der Waals surface area contributed by atoms with Crippen LogP contribution in [0.5, 0.6) is 0 Å². The van der Waals surface area contributed by atoms with Gasteiger partial charge in [-0.3, -0.25) is 4.79 Å². The van der Waals surface area contributed by atoms with E-state index in [9.17, 15) is 18.0 Å². The van der Waals surface area contributed by atoms with Crippen LogP contribution in [0.25, 0.3) is 0 Å². The zero-order chi connectivity index (χ0) is 17.3. The molecule has 0 unspecified atom stereocenters. The van der Waals surface area contributed by atoms with Crippen LogP contribution in [-0.2, 0) is 19.6 Å². The summed E-state index contributed by atoms with van der Waals surface area (Å²) in [5.74, 6) is -0.351. The fraction of sp³-hybridized carbons (Fsp3) is 0.846. The van der Waals surface area contributed by atoms with Crippen molar-refractivity contribution < 1.29 is 22.7 Å². The fourth-order valence-corrected chi connectivity index (χ4v) is 3.48. The molecule has 0 saturated carbocycles. The van der Waals surface area contributed by atoms with E-state index >= 15 is 0 Å². The summed E-state index contributed by atoms with van der Waals surface area (Å²) in [5, 5.41) is 4.88. The van der Waals surface area contributed by atoms with E-state index in [0.29, 0.717) is 39.4 Å². The molecule has 10 heteroatoms. The van der Waals surface area contributed by atoms with Gasteiger partial charge in [-0.05, 0) is 13.8 Å². The number of ether oxygens (including phenoxy) is 1. The number of nitrogens with one attached hydrogen (secondary N) is 2. The summed E-state index contributed by atoms with van der Waals surface area (Å²) in [6, 6.07) is -0.553. The van der Waals surface area contributed by atoms with Crippen molar-refractivity contribution in [3.63, 3.8) is 0 Å². The van der Waals surface area contributed by atoms with E-state index in [4.69, 9.17) is 4.74 Å². The molecule has 0 atom stereocenters. The Hall–Kier alpha value is -1.39. The van der Waals surface area contributed by atoms with E-state index < -0.39 is 16.1 Å². The van der Waals surface area contributed by atoms with E-state index in [1.807, 2.05) is 13.8 Å². The molecule has 0 spiro atoms. The van der Waals surface area contributed by atoms with Crippen LogP contribution >= 0.6 is 0 Å². The average molecular weight is 350 g/mol. The first-order chi connectivity index (χ1) is 10.9. The molecule has 1 saturated heterocycles. The molecule has 1 rings (SSSR count). The van der Waals surface area contributed by atoms with Crippen LogP contribution in [0.1, 0.15) is 13.8 Å². The highest BCUT2D eigenvalue weighted by Gasteiger charge is 2.23. The molecule has 1 aliphatic rings.